The number of hydrogen-bond donors (Lipinski definition) is 4. The number of halogens is 1. The summed E-state index contributed by atoms with van der Waals surface area (Å²) in [7, 11) is 1.59. The fraction of sp³-hybridized carbons (Fsp3) is 0.545. The van der Waals surface area contributed by atoms with Gasteiger partial charge in [-0.25, -0.2) is 14.6 Å². The van der Waals surface area contributed by atoms with Gasteiger partial charge in [-0.1, -0.05) is 41.6 Å². The zero-order chi connectivity index (χ0) is 24.0. The summed E-state index contributed by atoms with van der Waals surface area (Å²) in [4.78, 5) is 9.34. The first-order chi connectivity index (χ1) is 16.4. The number of rotatable bonds is 8. The Balaban J connectivity index is 1.44. The van der Waals surface area contributed by atoms with Crippen LogP contribution in [0.1, 0.15) is 43.7 Å². The van der Waals surface area contributed by atoms with Crippen LogP contribution in [0.5, 0.6) is 5.75 Å². The number of hydrogen-bond acceptors (Lipinski definition) is 10. The van der Waals surface area contributed by atoms with E-state index in [1.54, 1.807) is 7.11 Å². The third kappa shape index (κ3) is 4.31. The van der Waals surface area contributed by atoms with Crippen molar-refractivity contribution in [3.8, 4) is 5.75 Å². The molecule has 0 spiro atoms. The third-order valence-electron chi connectivity index (χ3n) is 6.39. The highest BCUT2D eigenvalue weighted by Gasteiger charge is 2.44. The molecule has 10 nitrogen and oxygen atoms in total. The van der Waals surface area contributed by atoms with Crippen molar-refractivity contribution in [2.24, 2.45) is 0 Å². The molecule has 4 N–H and O–H groups in total. The number of fused-ring (bicyclic) bond motifs is 1. The Morgan fingerprint density at radius 3 is 2.71 bits per heavy atom. The molecule has 0 bridgehead atoms. The van der Waals surface area contributed by atoms with E-state index < -0.39 is 24.4 Å². The normalized spacial score (nSPS) is 28.4. The van der Waals surface area contributed by atoms with Crippen LogP contribution in [0.4, 0.5) is 5.82 Å². The van der Waals surface area contributed by atoms with Gasteiger partial charge in [-0.3, -0.25) is 0 Å². The zero-order valence-electron chi connectivity index (χ0n) is 18.8. The Kier molecular flexibility index (Phi) is 6.56. The molecule has 0 radical (unpaired) electrons. The Morgan fingerprint density at radius 1 is 1.21 bits per heavy atom. The highest BCUT2D eigenvalue weighted by molar-refractivity contribution is 7.99. The van der Waals surface area contributed by atoms with Crippen LogP contribution < -0.4 is 10.1 Å². The average molecular weight is 507 g/mol. The van der Waals surface area contributed by atoms with Crippen molar-refractivity contribution in [1.29, 1.82) is 0 Å². The van der Waals surface area contributed by atoms with E-state index in [2.05, 4.69) is 27.5 Å². The van der Waals surface area contributed by atoms with E-state index in [9.17, 15) is 15.3 Å². The molecular formula is C22H27ClN6O4S. The van der Waals surface area contributed by atoms with Gasteiger partial charge in [0.2, 0.25) is 0 Å². The van der Waals surface area contributed by atoms with Gasteiger partial charge in [0.15, 0.2) is 22.1 Å². The zero-order valence-corrected chi connectivity index (χ0v) is 20.4. The second-order valence-corrected chi connectivity index (χ2v) is 10.2. The van der Waals surface area contributed by atoms with Crippen molar-refractivity contribution in [1.82, 2.24) is 25.0 Å². The smallest absolute Gasteiger partial charge is 0.191 e. The number of ether oxygens (including phenoxy) is 1. The molecule has 2 unspecified atom stereocenters. The number of nitrogens with one attached hydrogen (secondary N) is 1. The molecule has 2 fully saturated rings. The van der Waals surface area contributed by atoms with E-state index in [0.717, 1.165) is 24.2 Å². The van der Waals surface area contributed by atoms with Gasteiger partial charge in [0.05, 0.1) is 24.3 Å². The highest BCUT2D eigenvalue weighted by Crippen LogP contribution is 2.45. The SMILES string of the molecule is CCCSc1nc(NC2CC2c2ccc(OC)c(Cl)c2)c2nnn([C@@H]3C[C@H](O)[C@@H](O)[C@H]3O)c2n1. The van der Waals surface area contributed by atoms with Crippen LogP contribution in [-0.2, 0) is 0 Å². The van der Waals surface area contributed by atoms with Gasteiger partial charge >= 0.3 is 0 Å². The number of nitrogens with zero attached hydrogens (tertiary/aromatic N) is 5. The predicted molar refractivity (Wildman–Crippen MR) is 129 cm³/mol. The first-order valence-electron chi connectivity index (χ1n) is 11.3. The van der Waals surface area contributed by atoms with E-state index in [1.807, 2.05) is 18.2 Å². The number of anilines is 1. The van der Waals surface area contributed by atoms with Crippen LogP contribution >= 0.6 is 23.4 Å². The van der Waals surface area contributed by atoms with Crippen molar-refractivity contribution >= 4 is 40.3 Å². The molecule has 182 valence electrons. The lowest BCUT2D eigenvalue weighted by molar-refractivity contribution is -0.0253. The third-order valence-corrected chi connectivity index (χ3v) is 7.74. The van der Waals surface area contributed by atoms with E-state index in [4.69, 9.17) is 21.3 Å². The van der Waals surface area contributed by atoms with Crippen LogP contribution in [-0.4, -0.2) is 77.5 Å². The summed E-state index contributed by atoms with van der Waals surface area (Å²) in [6.07, 6.45) is -1.38. The van der Waals surface area contributed by atoms with Crippen LogP contribution in [0.15, 0.2) is 23.4 Å². The number of aromatic nitrogens is 5. The monoisotopic (exact) mass is 506 g/mol. The van der Waals surface area contributed by atoms with E-state index >= 15 is 0 Å². The maximum Gasteiger partial charge on any atom is 0.191 e. The Morgan fingerprint density at radius 2 is 2.03 bits per heavy atom. The first-order valence-corrected chi connectivity index (χ1v) is 12.7. The number of aliphatic hydroxyl groups excluding tert-OH is 3. The summed E-state index contributed by atoms with van der Waals surface area (Å²) >= 11 is 7.84. The molecule has 2 aromatic heterocycles. The minimum absolute atomic E-state index is 0.150. The fourth-order valence-electron chi connectivity index (χ4n) is 4.43. The quantitative estimate of drug-likeness (QED) is 0.266. The van der Waals surface area contributed by atoms with Crippen LogP contribution in [0.3, 0.4) is 0 Å². The molecule has 6 atom stereocenters. The lowest BCUT2D eigenvalue weighted by atomic mass is 10.1. The lowest BCUT2D eigenvalue weighted by Crippen LogP contribution is -2.31. The maximum absolute atomic E-state index is 10.4. The minimum Gasteiger partial charge on any atom is -0.495 e. The van der Waals surface area contributed by atoms with Crippen LogP contribution in [0.25, 0.3) is 11.2 Å². The molecule has 1 aromatic carbocycles. The Hall–Kier alpha value is -2.18. The fourth-order valence-corrected chi connectivity index (χ4v) is 5.39. The number of aliphatic hydroxyl groups is 3. The van der Waals surface area contributed by atoms with Crippen LogP contribution in [0.2, 0.25) is 5.02 Å². The lowest BCUT2D eigenvalue weighted by Gasteiger charge is -2.16. The molecule has 2 aliphatic rings. The Bertz CT molecular complexity index is 1200. The molecule has 2 saturated carbocycles. The predicted octanol–water partition coefficient (Wildman–Crippen LogP) is 2.38. The molecule has 2 aliphatic carbocycles. The Labute approximate surface area is 205 Å². The molecule has 2 heterocycles. The summed E-state index contributed by atoms with van der Waals surface area (Å²) in [5.74, 6) is 2.35. The number of benzene rings is 1. The van der Waals surface area contributed by atoms with Crippen molar-refractivity contribution in [3.05, 3.63) is 28.8 Å². The van der Waals surface area contributed by atoms with Gasteiger partial charge in [-0.15, -0.1) is 5.10 Å². The standard InChI is InChI=1S/C22H27ClN6O4S/c1-3-6-34-22-25-20(24-13-8-11(13)10-4-5-16(33-2)12(23)7-10)17-21(26-22)29(28-27-17)14-9-15(30)19(32)18(14)31/h4-5,7,11,13-15,18-19,30-32H,3,6,8-9H2,1-2H3,(H,24,25,26)/t11?,13?,14-,15+,18+,19-/m1/s1. The highest BCUT2D eigenvalue weighted by atomic mass is 35.5. The molecule has 12 heteroatoms. The van der Waals surface area contributed by atoms with Crippen molar-refractivity contribution in [2.45, 2.75) is 67.7 Å². The van der Waals surface area contributed by atoms with Gasteiger partial charge in [0.25, 0.3) is 0 Å². The minimum atomic E-state index is -1.24. The van der Waals surface area contributed by atoms with E-state index in [1.165, 1.54) is 16.4 Å². The van der Waals surface area contributed by atoms with Crippen molar-refractivity contribution < 1.29 is 20.1 Å². The summed E-state index contributed by atoms with van der Waals surface area (Å²) in [5.41, 5.74) is 2.07. The molecule has 0 saturated heterocycles. The molecule has 0 amide bonds. The molecule has 34 heavy (non-hydrogen) atoms. The second kappa shape index (κ2) is 9.46. The van der Waals surface area contributed by atoms with Gasteiger partial charge in [0, 0.05) is 24.1 Å². The maximum atomic E-state index is 10.4. The second-order valence-electron chi connectivity index (χ2n) is 8.75. The number of methoxy groups -OCH3 is 1. The van der Waals surface area contributed by atoms with E-state index in [-0.39, 0.29) is 18.4 Å². The summed E-state index contributed by atoms with van der Waals surface area (Å²) in [6.45, 7) is 2.09. The molecule has 5 rings (SSSR count). The van der Waals surface area contributed by atoms with E-state index in [0.29, 0.717) is 32.9 Å². The topological polar surface area (TPSA) is 138 Å². The van der Waals surface area contributed by atoms with Crippen molar-refractivity contribution in [2.75, 3.05) is 18.2 Å². The summed E-state index contributed by atoms with van der Waals surface area (Å²) < 4.78 is 6.74. The average Bonchev–Trinajstić information content (AvgIpc) is 3.39. The van der Waals surface area contributed by atoms with Gasteiger partial charge < -0.3 is 25.4 Å². The van der Waals surface area contributed by atoms with Gasteiger partial charge in [0.1, 0.15) is 18.0 Å². The first kappa shape index (κ1) is 23.6. The molecule has 3 aromatic rings. The molecule has 0 aliphatic heterocycles. The van der Waals surface area contributed by atoms with Crippen molar-refractivity contribution in [3.63, 3.8) is 0 Å². The number of thioether (sulfide) groups is 1. The largest absolute Gasteiger partial charge is 0.495 e. The van der Waals surface area contributed by atoms with Crippen LogP contribution in [0, 0.1) is 0 Å². The molecular weight excluding hydrogens is 480 g/mol. The van der Waals surface area contributed by atoms with Gasteiger partial charge in [-0.2, -0.15) is 0 Å². The summed E-state index contributed by atoms with van der Waals surface area (Å²) in [5, 5.41) is 43.6. The summed E-state index contributed by atoms with van der Waals surface area (Å²) in [6, 6.07) is 5.34. The van der Waals surface area contributed by atoms with Gasteiger partial charge in [-0.05, 0) is 30.5 Å².